The molecule has 5 rings (SSSR count). The molecule has 0 N–H and O–H groups in total. The van der Waals surface area contributed by atoms with Crippen molar-refractivity contribution in [1.82, 2.24) is 28.3 Å². The topological polar surface area (TPSA) is 88.3 Å². The van der Waals surface area contributed by atoms with Gasteiger partial charge in [0.25, 0.3) is 5.56 Å². The van der Waals surface area contributed by atoms with Crippen LogP contribution >= 0.6 is 0 Å². The maximum atomic E-state index is 13.2. The predicted octanol–water partition coefficient (Wildman–Crippen LogP) is 2.11. The van der Waals surface area contributed by atoms with Gasteiger partial charge in [-0.1, -0.05) is 29.8 Å². The number of aromatic nitrogens is 6. The van der Waals surface area contributed by atoms with Crippen LogP contribution in [0.1, 0.15) is 11.1 Å². The van der Waals surface area contributed by atoms with Crippen LogP contribution in [0.15, 0.2) is 58.1 Å². The molecule has 2 aromatic carbocycles. The molecule has 0 amide bonds. The van der Waals surface area contributed by atoms with Gasteiger partial charge in [-0.15, -0.1) is 10.2 Å². The van der Waals surface area contributed by atoms with Crippen LogP contribution in [-0.2, 0) is 20.6 Å². The third-order valence-corrected chi connectivity index (χ3v) is 5.75. The summed E-state index contributed by atoms with van der Waals surface area (Å²) < 4.78 is 11.4. The van der Waals surface area contributed by atoms with Gasteiger partial charge in [0.05, 0.1) is 13.7 Å². The van der Waals surface area contributed by atoms with Crippen molar-refractivity contribution in [3.8, 4) is 17.1 Å². The normalized spacial score (nSPS) is 11.5. The minimum Gasteiger partial charge on any atom is -0.497 e. The Hall–Kier alpha value is -4.14. The molecule has 162 valence electrons. The molecule has 0 aliphatic heterocycles. The molecule has 0 aliphatic carbocycles. The third-order valence-electron chi connectivity index (χ3n) is 5.75. The number of rotatable bonds is 4. The minimum atomic E-state index is -0.411. The second kappa shape index (κ2) is 7.23. The monoisotopic (exact) mass is 430 g/mol. The van der Waals surface area contributed by atoms with Crippen molar-refractivity contribution < 1.29 is 4.74 Å². The van der Waals surface area contributed by atoms with Crippen molar-refractivity contribution in [1.29, 1.82) is 0 Å². The molecular weight excluding hydrogens is 408 g/mol. The van der Waals surface area contributed by atoms with Gasteiger partial charge in [-0.05, 0) is 36.8 Å². The van der Waals surface area contributed by atoms with Gasteiger partial charge in [0, 0.05) is 19.7 Å². The molecule has 0 fully saturated rings. The Kier molecular flexibility index (Phi) is 4.47. The van der Waals surface area contributed by atoms with Crippen LogP contribution in [0.3, 0.4) is 0 Å². The van der Waals surface area contributed by atoms with E-state index in [9.17, 15) is 9.59 Å². The number of benzene rings is 2. The summed E-state index contributed by atoms with van der Waals surface area (Å²) in [6.07, 6.45) is 0. The molecule has 9 heteroatoms. The molecule has 0 spiro atoms. The lowest BCUT2D eigenvalue weighted by Crippen LogP contribution is -2.37. The van der Waals surface area contributed by atoms with E-state index in [2.05, 4.69) is 16.3 Å². The first-order valence-corrected chi connectivity index (χ1v) is 10.1. The Morgan fingerprint density at radius 3 is 2.41 bits per heavy atom. The number of aryl methyl sites for hydroxylation is 2. The van der Waals surface area contributed by atoms with Gasteiger partial charge in [-0.3, -0.25) is 18.5 Å². The SMILES string of the molecule is COc1ccc(-c2nnc3n(Cc4cccc(C)c4)c4c(=O)n(C)c(=O)n(C)c4n23)cc1. The van der Waals surface area contributed by atoms with Gasteiger partial charge in [0.1, 0.15) is 5.75 Å². The number of methoxy groups -OCH3 is 1. The Bertz CT molecular complexity index is 1600. The summed E-state index contributed by atoms with van der Waals surface area (Å²) in [5.74, 6) is 1.75. The number of ether oxygens (including phenoxy) is 1. The molecule has 0 radical (unpaired) electrons. The summed E-state index contributed by atoms with van der Waals surface area (Å²) in [7, 11) is 4.74. The van der Waals surface area contributed by atoms with Crippen molar-refractivity contribution in [3.63, 3.8) is 0 Å². The minimum absolute atomic E-state index is 0.373. The fraction of sp³-hybridized carbons (Fsp3) is 0.217. The van der Waals surface area contributed by atoms with E-state index < -0.39 is 5.69 Å². The largest absolute Gasteiger partial charge is 0.497 e. The second-order valence-corrected chi connectivity index (χ2v) is 7.84. The zero-order valence-electron chi connectivity index (χ0n) is 18.2. The summed E-state index contributed by atoms with van der Waals surface area (Å²) >= 11 is 0. The summed E-state index contributed by atoms with van der Waals surface area (Å²) in [5, 5.41) is 8.82. The molecule has 9 nitrogen and oxygen atoms in total. The molecule has 32 heavy (non-hydrogen) atoms. The van der Waals surface area contributed by atoms with Gasteiger partial charge in [0.15, 0.2) is 17.0 Å². The highest BCUT2D eigenvalue weighted by Crippen LogP contribution is 2.26. The third kappa shape index (κ3) is 2.85. The van der Waals surface area contributed by atoms with E-state index in [0.717, 1.165) is 27.0 Å². The van der Waals surface area contributed by atoms with Crippen LogP contribution in [0, 0.1) is 6.92 Å². The molecule has 0 saturated heterocycles. The van der Waals surface area contributed by atoms with E-state index >= 15 is 0 Å². The highest BCUT2D eigenvalue weighted by Gasteiger charge is 2.24. The predicted molar refractivity (Wildman–Crippen MR) is 121 cm³/mol. The summed E-state index contributed by atoms with van der Waals surface area (Å²) in [5.41, 5.74) is 3.01. The number of hydrogen-bond acceptors (Lipinski definition) is 5. The molecule has 0 saturated carbocycles. The van der Waals surface area contributed by atoms with Gasteiger partial charge < -0.3 is 4.74 Å². The van der Waals surface area contributed by atoms with E-state index in [4.69, 9.17) is 4.74 Å². The Balaban J connectivity index is 1.87. The van der Waals surface area contributed by atoms with Crippen LogP contribution in [0.2, 0.25) is 0 Å². The summed E-state index contributed by atoms with van der Waals surface area (Å²) in [4.78, 5) is 26.0. The van der Waals surface area contributed by atoms with Crippen LogP contribution in [0.25, 0.3) is 28.3 Å². The average Bonchev–Trinajstić information content (AvgIpc) is 3.35. The lowest BCUT2D eigenvalue weighted by molar-refractivity contribution is 0.415. The quantitative estimate of drug-likeness (QED) is 0.436. The molecular formula is C23H22N6O3. The standard InChI is InChI=1S/C23H22N6O3/c1-14-6-5-7-15(12-14)13-28-18-20(26(2)23(31)27(3)21(18)30)29-19(24-25-22(28)29)16-8-10-17(32-4)11-9-16/h5-12H,13H2,1-4H3. The van der Waals surface area contributed by atoms with E-state index in [-0.39, 0.29) is 5.56 Å². The number of nitrogens with zero attached hydrogens (tertiary/aromatic N) is 6. The van der Waals surface area contributed by atoms with Gasteiger partial charge in [-0.2, -0.15) is 0 Å². The van der Waals surface area contributed by atoms with Gasteiger partial charge >= 0.3 is 5.69 Å². The first kappa shape index (κ1) is 19.8. The number of fused-ring (bicyclic) bond motifs is 3. The fourth-order valence-electron chi connectivity index (χ4n) is 4.12. The lowest BCUT2D eigenvalue weighted by atomic mass is 10.1. The number of hydrogen-bond donors (Lipinski definition) is 0. The molecule has 0 bridgehead atoms. The Labute approximate surface area is 182 Å². The van der Waals surface area contributed by atoms with E-state index in [1.54, 1.807) is 18.6 Å². The Morgan fingerprint density at radius 2 is 1.72 bits per heavy atom. The highest BCUT2D eigenvalue weighted by atomic mass is 16.5. The highest BCUT2D eigenvalue weighted by molar-refractivity contribution is 5.80. The second-order valence-electron chi connectivity index (χ2n) is 7.84. The molecule has 0 aliphatic rings. The first-order valence-electron chi connectivity index (χ1n) is 10.1. The van der Waals surface area contributed by atoms with Gasteiger partial charge in [0.2, 0.25) is 5.78 Å². The number of imidazole rings is 1. The van der Waals surface area contributed by atoms with Crippen molar-refractivity contribution >= 4 is 16.9 Å². The lowest BCUT2D eigenvalue weighted by Gasteiger charge is -2.08. The van der Waals surface area contributed by atoms with Crippen LogP contribution in [0.4, 0.5) is 0 Å². The van der Waals surface area contributed by atoms with Gasteiger partial charge in [-0.25, -0.2) is 9.20 Å². The maximum absolute atomic E-state index is 13.2. The zero-order valence-corrected chi connectivity index (χ0v) is 18.2. The van der Waals surface area contributed by atoms with E-state index in [1.807, 2.05) is 54.0 Å². The zero-order chi connectivity index (χ0) is 22.6. The first-order chi connectivity index (χ1) is 15.4. The molecule has 3 aromatic heterocycles. The fourth-order valence-corrected chi connectivity index (χ4v) is 4.12. The van der Waals surface area contributed by atoms with Crippen LogP contribution in [0.5, 0.6) is 5.75 Å². The van der Waals surface area contributed by atoms with E-state index in [1.165, 1.54) is 11.6 Å². The van der Waals surface area contributed by atoms with Crippen molar-refractivity contribution in [2.45, 2.75) is 13.5 Å². The molecule has 0 unspecified atom stereocenters. The smallest absolute Gasteiger partial charge is 0.332 e. The van der Waals surface area contributed by atoms with Crippen molar-refractivity contribution in [3.05, 3.63) is 80.5 Å². The summed E-state index contributed by atoms with van der Waals surface area (Å²) in [6.45, 7) is 2.44. The Morgan fingerprint density at radius 1 is 0.969 bits per heavy atom. The maximum Gasteiger partial charge on any atom is 0.332 e. The molecule has 0 atom stereocenters. The van der Waals surface area contributed by atoms with Crippen LogP contribution < -0.4 is 16.0 Å². The van der Waals surface area contributed by atoms with Crippen molar-refractivity contribution in [2.24, 2.45) is 14.1 Å². The molecule has 3 heterocycles. The average molecular weight is 430 g/mol. The summed E-state index contributed by atoms with van der Waals surface area (Å²) in [6, 6.07) is 15.5. The van der Waals surface area contributed by atoms with Crippen molar-refractivity contribution in [2.75, 3.05) is 7.11 Å². The van der Waals surface area contributed by atoms with E-state index in [0.29, 0.717) is 29.3 Å². The molecule has 5 aromatic rings. The van der Waals surface area contributed by atoms with Crippen LogP contribution in [-0.4, -0.2) is 35.4 Å².